The molecule has 1 aliphatic heterocycles. The molecular weight excluding hydrogens is 352 g/mol. The third-order valence-electron chi connectivity index (χ3n) is 4.77. The van der Waals surface area contributed by atoms with Gasteiger partial charge >= 0.3 is 5.97 Å². The fraction of sp³-hybridized carbons (Fsp3) is 0.684. The molecule has 26 heavy (non-hydrogen) atoms. The predicted molar refractivity (Wildman–Crippen MR) is 102 cm³/mol. The molecular formula is C19H28N2O4S. The molecule has 1 aliphatic carbocycles. The molecule has 2 heterocycles. The van der Waals surface area contributed by atoms with Gasteiger partial charge in [0.2, 0.25) is 5.91 Å². The number of hydrogen-bond acceptors (Lipinski definition) is 6. The molecule has 6 nitrogen and oxygen atoms in total. The number of hydrogen-bond donors (Lipinski definition) is 1. The topological polar surface area (TPSA) is 67.9 Å². The van der Waals surface area contributed by atoms with E-state index < -0.39 is 0 Å². The van der Waals surface area contributed by atoms with Crippen molar-refractivity contribution in [2.24, 2.45) is 0 Å². The molecule has 1 fully saturated rings. The van der Waals surface area contributed by atoms with Crippen LogP contribution in [0.4, 0.5) is 5.00 Å². The van der Waals surface area contributed by atoms with Crippen LogP contribution in [-0.2, 0) is 27.1 Å². The van der Waals surface area contributed by atoms with Crippen LogP contribution < -0.4 is 5.32 Å². The number of anilines is 1. The van der Waals surface area contributed by atoms with E-state index in [0.717, 1.165) is 44.3 Å². The molecule has 0 bridgehead atoms. The molecule has 3 rings (SSSR count). The second-order valence-corrected chi connectivity index (χ2v) is 8.24. The zero-order valence-corrected chi connectivity index (χ0v) is 16.6. The first-order valence-corrected chi connectivity index (χ1v) is 10.3. The number of nitrogens with one attached hydrogen (secondary N) is 1. The maximum Gasteiger partial charge on any atom is 0.341 e. The number of morpholine rings is 1. The van der Waals surface area contributed by atoms with Crippen molar-refractivity contribution in [1.29, 1.82) is 0 Å². The Morgan fingerprint density at radius 3 is 2.62 bits per heavy atom. The molecule has 2 atom stereocenters. The highest BCUT2D eigenvalue weighted by Crippen LogP contribution is 2.38. The fourth-order valence-corrected chi connectivity index (χ4v) is 5.15. The van der Waals surface area contributed by atoms with E-state index in [1.165, 1.54) is 16.2 Å². The quantitative estimate of drug-likeness (QED) is 0.796. The SMILES string of the molecule is CCOC(=O)c1c(NC(=O)CN2C[C@H](C)O[C@@H](C)C2)sc2c1CCCC2. The summed E-state index contributed by atoms with van der Waals surface area (Å²) in [6.07, 6.45) is 4.31. The zero-order valence-electron chi connectivity index (χ0n) is 15.8. The highest BCUT2D eigenvalue weighted by Gasteiger charge is 2.28. The van der Waals surface area contributed by atoms with E-state index >= 15 is 0 Å². The van der Waals surface area contributed by atoms with Crippen molar-refractivity contribution in [1.82, 2.24) is 4.90 Å². The Labute approximate surface area is 158 Å². The summed E-state index contributed by atoms with van der Waals surface area (Å²) in [5, 5.41) is 3.63. The number of fused-ring (bicyclic) bond motifs is 1. The summed E-state index contributed by atoms with van der Waals surface area (Å²) in [5.41, 5.74) is 1.65. The monoisotopic (exact) mass is 380 g/mol. The van der Waals surface area contributed by atoms with Crippen molar-refractivity contribution in [2.45, 2.75) is 58.7 Å². The van der Waals surface area contributed by atoms with Crippen LogP contribution in [0.3, 0.4) is 0 Å². The number of carbonyl (C=O) groups excluding carboxylic acids is 2. The van der Waals surface area contributed by atoms with Gasteiger partial charge in [-0.3, -0.25) is 9.69 Å². The fourth-order valence-electron chi connectivity index (χ4n) is 3.86. The normalized spacial score (nSPS) is 23.3. The average molecular weight is 381 g/mol. The molecule has 0 spiro atoms. The first-order valence-electron chi connectivity index (χ1n) is 9.47. The van der Waals surface area contributed by atoms with Gasteiger partial charge in [0.15, 0.2) is 0 Å². The minimum absolute atomic E-state index is 0.0876. The summed E-state index contributed by atoms with van der Waals surface area (Å²) in [7, 11) is 0. The van der Waals surface area contributed by atoms with Gasteiger partial charge in [0.05, 0.1) is 30.9 Å². The Morgan fingerprint density at radius 2 is 1.92 bits per heavy atom. The van der Waals surface area contributed by atoms with E-state index in [1.807, 2.05) is 13.8 Å². The van der Waals surface area contributed by atoms with Gasteiger partial charge in [0, 0.05) is 18.0 Å². The van der Waals surface area contributed by atoms with Gasteiger partial charge in [-0.15, -0.1) is 11.3 Å². The second kappa shape index (κ2) is 8.50. The number of aryl methyl sites for hydroxylation is 1. The van der Waals surface area contributed by atoms with E-state index in [4.69, 9.17) is 9.47 Å². The first-order chi connectivity index (χ1) is 12.5. The Morgan fingerprint density at radius 1 is 1.23 bits per heavy atom. The largest absolute Gasteiger partial charge is 0.462 e. The van der Waals surface area contributed by atoms with Crippen LogP contribution in [0.25, 0.3) is 0 Å². The van der Waals surface area contributed by atoms with Crippen LogP contribution >= 0.6 is 11.3 Å². The molecule has 1 aromatic heterocycles. The molecule has 7 heteroatoms. The summed E-state index contributed by atoms with van der Waals surface area (Å²) in [6, 6.07) is 0. The number of esters is 1. The van der Waals surface area contributed by atoms with E-state index in [-0.39, 0.29) is 24.1 Å². The van der Waals surface area contributed by atoms with Crippen LogP contribution in [0.2, 0.25) is 0 Å². The number of nitrogens with zero attached hydrogens (tertiary/aromatic N) is 1. The Bertz CT molecular complexity index is 663. The van der Waals surface area contributed by atoms with Crippen LogP contribution in [0.1, 0.15) is 54.4 Å². The molecule has 0 aromatic carbocycles. The lowest BCUT2D eigenvalue weighted by Crippen LogP contribution is -2.48. The number of thiophene rings is 1. The van der Waals surface area contributed by atoms with Crippen LogP contribution in [0.15, 0.2) is 0 Å². The third-order valence-corrected chi connectivity index (χ3v) is 5.97. The molecule has 1 N–H and O–H groups in total. The Kier molecular flexibility index (Phi) is 6.32. The van der Waals surface area contributed by atoms with Gasteiger partial charge in [-0.2, -0.15) is 0 Å². The zero-order chi connectivity index (χ0) is 18.7. The molecule has 0 radical (unpaired) electrons. The summed E-state index contributed by atoms with van der Waals surface area (Å²) < 4.78 is 11.0. The third kappa shape index (κ3) is 4.45. The van der Waals surface area contributed by atoms with Gasteiger partial charge in [0.25, 0.3) is 0 Å². The standard InChI is InChI=1S/C19H28N2O4S/c1-4-24-19(23)17-14-7-5-6-8-15(14)26-18(17)20-16(22)11-21-9-12(2)25-13(3)10-21/h12-13H,4-11H2,1-3H3,(H,20,22)/t12-,13-/m0/s1. The van der Waals surface area contributed by atoms with Gasteiger partial charge in [0.1, 0.15) is 5.00 Å². The second-order valence-electron chi connectivity index (χ2n) is 7.14. The molecule has 2 aliphatic rings. The number of ether oxygens (including phenoxy) is 2. The summed E-state index contributed by atoms with van der Waals surface area (Å²) in [5.74, 6) is -0.411. The minimum Gasteiger partial charge on any atom is -0.462 e. The van der Waals surface area contributed by atoms with Crippen molar-refractivity contribution >= 4 is 28.2 Å². The smallest absolute Gasteiger partial charge is 0.341 e. The predicted octanol–water partition coefficient (Wildman–Crippen LogP) is 2.85. The average Bonchev–Trinajstić information content (AvgIpc) is 2.91. The molecule has 0 saturated carbocycles. The maximum absolute atomic E-state index is 12.6. The molecule has 0 unspecified atom stereocenters. The van der Waals surface area contributed by atoms with Crippen LogP contribution in [0, 0.1) is 0 Å². The number of rotatable bonds is 5. The molecule has 1 amide bonds. The van der Waals surface area contributed by atoms with E-state index in [9.17, 15) is 9.59 Å². The lowest BCUT2D eigenvalue weighted by atomic mass is 9.95. The highest BCUT2D eigenvalue weighted by atomic mass is 32.1. The van der Waals surface area contributed by atoms with Crippen molar-refractivity contribution in [3.05, 3.63) is 16.0 Å². The maximum atomic E-state index is 12.6. The summed E-state index contributed by atoms with van der Waals surface area (Å²) in [4.78, 5) is 28.4. The highest BCUT2D eigenvalue weighted by molar-refractivity contribution is 7.17. The van der Waals surface area contributed by atoms with Gasteiger partial charge in [-0.25, -0.2) is 4.79 Å². The van der Waals surface area contributed by atoms with E-state index in [2.05, 4.69) is 10.2 Å². The molecule has 1 aromatic rings. The summed E-state index contributed by atoms with van der Waals surface area (Å²) >= 11 is 1.53. The Balaban J connectivity index is 1.73. The van der Waals surface area contributed by atoms with Crippen LogP contribution in [-0.4, -0.2) is 55.2 Å². The van der Waals surface area contributed by atoms with Gasteiger partial charge in [-0.1, -0.05) is 0 Å². The molecule has 144 valence electrons. The van der Waals surface area contributed by atoms with Crippen molar-refractivity contribution in [3.8, 4) is 0 Å². The number of carbonyl (C=O) groups is 2. The number of amides is 1. The first kappa shape index (κ1) is 19.3. The van der Waals surface area contributed by atoms with E-state index in [0.29, 0.717) is 23.7 Å². The lowest BCUT2D eigenvalue weighted by Gasteiger charge is -2.34. The van der Waals surface area contributed by atoms with Crippen LogP contribution in [0.5, 0.6) is 0 Å². The van der Waals surface area contributed by atoms with E-state index in [1.54, 1.807) is 6.92 Å². The van der Waals surface area contributed by atoms with Crippen molar-refractivity contribution in [2.75, 3.05) is 31.6 Å². The minimum atomic E-state index is -0.323. The summed E-state index contributed by atoms with van der Waals surface area (Å²) in [6.45, 7) is 7.96. The van der Waals surface area contributed by atoms with Gasteiger partial charge in [-0.05, 0) is 52.0 Å². The molecule has 1 saturated heterocycles. The Hall–Kier alpha value is -1.44. The van der Waals surface area contributed by atoms with Gasteiger partial charge < -0.3 is 14.8 Å². The lowest BCUT2D eigenvalue weighted by molar-refractivity contribution is -0.121. The van der Waals surface area contributed by atoms with Crippen molar-refractivity contribution in [3.63, 3.8) is 0 Å². The van der Waals surface area contributed by atoms with Crippen molar-refractivity contribution < 1.29 is 19.1 Å².